The van der Waals surface area contributed by atoms with Gasteiger partial charge < -0.3 is 24.8 Å². The van der Waals surface area contributed by atoms with E-state index in [1.165, 1.54) is 12.8 Å². The third kappa shape index (κ3) is 5.91. The molecule has 0 aliphatic carbocycles. The first-order chi connectivity index (χ1) is 15.4. The summed E-state index contributed by atoms with van der Waals surface area (Å²) >= 11 is 0. The smallest absolute Gasteiger partial charge is 0.290 e. The maximum absolute atomic E-state index is 8.36. The van der Waals surface area contributed by atoms with Gasteiger partial charge in [0.05, 0.1) is 18.0 Å². The number of rotatable bonds is 6. The fraction of sp³-hybridized carbons (Fsp3) is 0.500. The van der Waals surface area contributed by atoms with E-state index in [-0.39, 0.29) is 6.47 Å². The number of aromatic nitrogens is 5. The molecule has 4 rings (SSSR count). The molecule has 10 heteroatoms. The van der Waals surface area contributed by atoms with Gasteiger partial charge in [0.15, 0.2) is 0 Å². The number of carbonyl (C=O) groups is 1. The molecule has 3 aromatic rings. The molecule has 0 spiro atoms. The Morgan fingerprint density at radius 2 is 1.94 bits per heavy atom. The van der Waals surface area contributed by atoms with Gasteiger partial charge in [0.1, 0.15) is 17.2 Å². The summed E-state index contributed by atoms with van der Waals surface area (Å²) in [7, 11) is 4.29. The Morgan fingerprint density at radius 1 is 1.22 bits per heavy atom. The van der Waals surface area contributed by atoms with Crippen LogP contribution in [0, 0.1) is 5.92 Å². The molecule has 0 unspecified atom stereocenters. The van der Waals surface area contributed by atoms with Crippen LogP contribution in [-0.4, -0.2) is 74.7 Å². The standard InChI is InChI=1S/C21H30N8.CH2O2/c1-15(2)29-14-24-17-12-23-20(11-18(17)29)25-19-5-8-22-21(26-19)28-9-6-16(7-10-28)13-27(3)4;2-1-3/h5,8,11-12,14-16H,6-7,9-10,13H2,1-4H3,(H,22,23,25,26);1H,(H,2,3). The van der Waals surface area contributed by atoms with Gasteiger partial charge in [-0.2, -0.15) is 4.98 Å². The molecule has 2 N–H and O–H groups in total. The summed E-state index contributed by atoms with van der Waals surface area (Å²) in [6, 6.07) is 4.25. The molecule has 1 aliphatic rings. The van der Waals surface area contributed by atoms with E-state index in [0.717, 1.165) is 54.2 Å². The van der Waals surface area contributed by atoms with Gasteiger partial charge in [0.2, 0.25) is 5.95 Å². The Balaban J connectivity index is 0.000000913. The second kappa shape index (κ2) is 10.9. The normalized spacial score (nSPS) is 14.5. The Bertz CT molecular complexity index is 1010. The van der Waals surface area contributed by atoms with Crippen LogP contribution in [-0.2, 0) is 4.79 Å². The number of imidazole rings is 1. The lowest BCUT2D eigenvalue weighted by atomic mass is 9.97. The molecular formula is C22H32N8O2. The Kier molecular flexibility index (Phi) is 7.93. The van der Waals surface area contributed by atoms with Crippen LogP contribution >= 0.6 is 0 Å². The summed E-state index contributed by atoms with van der Waals surface area (Å²) in [6.07, 6.45) is 7.83. The van der Waals surface area contributed by atoms with E-state index in [9.17, 15) is 0 Å². The number of hydrogen-bond acceptors (Lipinski definition) is 8. The fourth-order valence-electron chi connectivity index (χ4n) is 3.94. The maximum Gasteiger partial charge on any atom is 0.290 e. The van der Waals surface area contributed by atoms with Crippen molar-refractivity contribution < 1.29 is 9.90 Å². The van der Waals surface area contributed by atoms with Crippen LogP contribution in [0.4, 0.5) is 17.6 Å². The molecule has 1 aliphatic heterocycles. The zero-order valence-electron chi connectivity index (χ0n) is 19.1. The number of nitrogens with one attached hydrogen (secondary N) is 1. The predicted molar refractivity (Wildman–Crippen MR) is 125 cm³/mol. The van der Waals surface area contributed by atoms with Crippen molar-refractivity contribution in [3.8, 4) is 0 Å². The molecule has 32 heavy (non-hydrogen) atoms. The van der Waals surface area contributed by atoms with Crippen LogP contribution in [0.2, 0.25) is 0 Å². The first kappa shape index (κ1) is 23.4. The van der Waals surface area contributed by atoms with Gasteiger partial charge in [0, 0.05) is 37.9 Å². The van der Waals surface area contributed by atoms with Crippen molar-refractivity contribution in [1.82, 2.24) is 29.4 Å². The van der Waals surface area contributed by atoms with Gasteiger partial charge in [-0.3, -0.25) is 4.79 Å². The zero-order chi connectivity index (χ0) is 23.1. The second-order valence-electron chi connectivity index (χ2n) is 8.47. The minimum atomic E-state index is -0.250. The third-order valence-corrected chi connectivity index (χ3v) is 5.44. The summed E-state index contributed by atoms with van der Waals surface area (Å²) in [6.45, 7) is 7.19. The maximum atomic E-state index is 8.36. The van der Waals surface area contributed by atoms with E-state index >= 15 is 0 Å². The van der Waals surface area contributed by atoms with Crippen LogP contribution in [0.1, 0.15) is 32.7 Å². The van der Waals surface area contributed by atoms with E-state index in [4.69, 9.17) is 14.9 Å². The molecule has 4 heterocycles. The highest BCUT2D eigenvalue weighted by Crippen LogP contribution is 2.24. The third-order valence-electron chi connectivity index (χ3n) is 5.44. The summed E-state index contributed by atoms with van der Waals surface area (Å²) in [5.41, 5.74) is 1.96. The van der Waals surface area contributed by atoms with Crippen LogP contribution in [0.3, 0.4) is 0 Å². The largest absolute Gasteiger partial charge is 0.483 e. The molecule has 172 valence electrons. The van der Waals surface area contributed by atoms with Gasteiger partial charge in [-0.25, -0.2) is 15.0 Å². The highest BCUT2D eigenvalue weighted by Gasteiger charge is 2.21. The summed E-state index contributed by atoms with van der Waals surface area (Å²) in [5.74, 6) is 3.05. The Hall–Kier alpha value is -3.27. The molecule has 1 fully saturated rings. The van der Waals surface area contributed by atoms with E-state index in [0.29, 0.717) is 6.04 Å². The van der Waals surface area contributed by atoms with Gasteiger partial charge >= 0.3 is 0 Å². The number of anilines is 3. The highest BCUT2D eigenvalue weighted by atomic mass is 16.3. The van der Waals surface area contributed by atoms with E-state index in [1.54, 1.807) is 6.20 Å². The number of piperidine rings is 1. The first-order valence-corrected chi connectivity index (χ1v) is 10.8. The van der Waals surface area contributed by atoms with Crippen molar-refractivity contribution in [2.24, 2.45) is 5.92 Å². The van der Waals surface area contributed by atoms with Crippen molar-refractivity contribution in [1.29, 1.82) is 0 Å². The van der Waals surface area contributed by atoms with Crippen LogP contribution < -0.4 is 10.2 Å². The zero-order valence-corrected chi connectivity index (χ0v) is 19.1. The topological polar surface area (TPSA) is 112 Å². The van der Waals surface area contributed by atoms with E-state index in [1.807, 2.05) is 24.7 Å². The summed E-state index contributed by atoms with van der Waals surface area (Å²) in [5, 5.41) is 10.2. The molecule has 0 atom stereocenters. The van der Waals surface area contributed by atoms with Gasteiger partial charge in [-0.1, -0.05) is 0 Å². The molecule has 3 aromatic heterocycles. The van der Waals surface area contributed by atoms with E-state index < -0.39 is 0 Å². The highest BCUT2D eigenvalue weighted by molar-refractivity contribution is 5.78. The summed E-state index contributed by atoms with van der Waals surface area (Å²) in [4.78, 5) is 31.1. The second-order valence-corrected chi connectivity index (χ2v) is 8.47. The Labute approximate surface area is 188 Å². The van der Waals surface area contributed by atoms with E-state index in [2.05, 4.69) is 62.6 Å². The minimum Gasteiger partial charge on any atom is -0.483 e. The minimum absolute atomic E-state index is 0.250. The van der Waals surface area contributed by atoms with Crippen molar-refractivity contribution in [3.05, 3.63) is 30.9 Å². The lowest BCUT2D eigenvalue weighted by molar-refractivity contribution is -0.122. The van der Waals surface area contributed by atoms with Gasteiger partial charge in [-0.15, -0.1) is 0 Å². The fourth-order valence-corrected chi connectivity index (χ4v) is 3.94. The molecule has 0 radical (unpaired) electrons. The molecule has 1 saturated heterocycles. The molecule has 0 aromatic carbocycles. The van der Waals surface area contributed by atoms with Crippen LogP contribution in [0.5, 0.6) is 0 Å². The van der Waals surface area contributed by atoms with Crippen molar-refractivity contribution in [2.75, 3.05) is 43.9 Å². The van der Waals surface area contributed by atoms with Crippen molar-refractivity contribution >= 4 is 35.1 Å². The number of nitrogens with zero attached hydrogens (tertiary/aromatic N) is 7. The van der Waals surface area contributed by atoms with Crippen LogP contribution in [0.15, 0.2) is 30.9 Å². The molecule has 0 saturated carbocycles. The summed E-state index contributed by atoms with van der Waals surface area (Å²) < 4.78 is 2.14. The average molecular weight is 441 g/mol. The SMILES string of the molecule is CC(C)n1cnc2cnc(Nc3ccnc(N4CCC(CN(C)C)CC4)n3)cc21.O=CO. The lowest BCUT2D eigenvalue weighted by Crippen LogP contribution is -2.38. The molecular weight excluding hydrogens is 408 g/mol. The number of pyridine rings is 1. The van der Waals surface area contributed by atoms with Crippen LogP contribution in [0.25, 0.3) is 11.0 Å². The van der Waals surface area contributed by atoms with Crippen molar-refractivity contribution in [2.45, 2.75) is 32.7 Å². The van der Waals surface area contributed by atoms with Crippen molar-refractivity contribution in [3.63, 3.8) is 0 Å². The first-order valence-electron chi connectivity index (χ1n) is 10.8. The van der Waals surface area contributed by atoms with Gasteiger partial charge in [0.25, 0.3) is 6.47 Å². The lowest BCUT2D eigenvalue weighted by Gasteiger charge is -2.33. The molecule has 0 amide bonds. The number of carboxylic acid groups (broad SMARTS) is 1. The molecule has 0 bridgehead atoms. The number of hydrogen-bond donors (Lipinski definition) is 2. The predicted octanol–water partition coefficient (Wildman–Crippen LogP) is 3.02. The molecule has 10 nitrogen and oxygen atoms in total. The Morgan fingerprint density at radius 3 is 2.59 bits per heavy atom. The van der Waals surface area contributed by atoms with Gasteiger partial charge in [-0.05, 0) is 52.8 Å². The average Bonchev–Trinajstić information content (AvgIpc) is 3.18. The quantitative estimate of drug-likeness (QED) is 0.558. The monoisotopic (exact) mass is 440 g/mol. The number of fused-ring (bicyclic) bond motifs is 1.